The lowest BCUT2D eigenvalue weighted by Crippen LogP contribution is -2.38. The van der Waals surface area contributed by atoms with Crippen molar-refractivity contribution in [3.8, 4) is 0 Å². The molecule has 1 saturated heterocycles. The molecule has 2 aliphatic rings. The van der Waals surface area contributed by atoms with Crippen molar-refractivity contribution in [3.05, 3.63) is 83.9 Å². The number of carbonyl (C=O) groups excluding carboxylic acids is 1. The highest BCUT2D eigenvalue weighted by atomic mass is 16.7. The van der Waals surface area contributed by atoms with Gasteiger partial charge in [-0.25, -0.2) is 0 Å². The Bertz CT molecular complexity index is 787. The molecule has 1 fully saturated rings. The van der Waals surface area contributed by atoms with Gasteiger partial charge in [-0.05, 0) is 17.2 Å². The molecule has 0 amide bonds. The fourth-order valence-electron chi connectivity index (χ4n) is 3.90. The minimum Gasteiger partial charge on any atom is -0.363 e. The van der Waals surface area contributed by atoms with Gasteiger partial charge in [-0.3, -0.25) is 4.79 Å². The van der Waals surface area contributed by atoms with E-state index in [9.17, 15) is 4.79 Å². The van der Waals surface area contributed by atoms with Crippen LogP contribution in [0.1, 0.15) is 36.2 Å². The zero-order valence-corrected chi connectivity index (χ0v) is 15.4. The molecule has 0 N–H and O–H groups in total. The summed E-state index contributed by atoms with van der Waals surface area (Å²) in [6, 6.07) is 20.2. The van der Waals surface area contributed by atoms with Crippen molar-refractivity contribution < 1.29 is 19.0 Å². The Morgan fingerprint density at radius 2 is 1.48 bits per heavy atom. The molecule has 0 radical (unpaired) electrons. The maximum absolute atomic E-state index is 11.9. The van der Waals surface area contributed by atoms with Gasteiger partial charge in [0.15, 0.2) is 12.1 Å². The molecule has 5 atom stereocenters. The number of hydrogen-bond acceptors (Lipinski definition) is 4. The molecule has 0 unspecified atom stereocenters. The summed E-state index contributed by atoms with van der Waals surface area (Å²) in [5.41, 5.74) is 2.09. The van der Waals surface area contributed by atoms with E-state index in [1.807, 2.05) is 42.5 Å². The van der Waals surface area contributed by atoms with Crippen molar-refractivity contribution in [2.75, 3.05) is 7.11 Å². The number of ketones is 1. The van der Waals surface area contributed by atoms with Gasteiger partial charge in [0.1, 0.15) is 12.2 Å². The third-order valence-electron chi connectivity index (χ3n) is 5.29. The monoisotopic (exact) mass is 364 g/mol. The van der Waals surface area contributed by atoms with Gasteiger partial charge in [0.05, 0.1) is 6.10 Å². The van der Waals surface area contributed by atoms with Crippen LogP contribution in [0.3, 0.4) is 0 Å². The second-order valence-electron chi connectivity index (χ2n) is 7.09. The zero-order valence-electron chi connectivity index (χ0n) is 15.4. The van der Waals surface area contributed by atoms with Crippen LogP contribution in [-0.2, 0) is 19.0 Å². The lowest BCUT2D eigenvalue weighted by molar-refractivity contribution is -0.229. The van der Waals surface area contributed by atoms with Crippen molar-refractivity contribution in [3.63, 3.8) is 0 Å². The van der Waals surface area contributed by atoms with Crippen LogP contribution in [-0.4, -0.2) is 25.3 Å². The first kappa shape index (κ1) is 18.1. The van der Waals surface area contributed by atoms with Crippen molar-refractivity contribution >= 4 is 5.78 Å². The van der Waals surface area contributed by atoms with Crippen LogP contribution in [0, 0.1) is 5.92 Å². The van der Waals surface area contributed by atoms with Crippen LogP contribution in [0.2, 0.25) is 0 Å². The second kappa shape index (κ2) is 8.17. The fourth-order valence-corrected chi connectivity index (χ4v) is 3.90. The number of carbonyl (C=O) groups is 1. The molecule has 1 aliphatic heterocycles. The summed E-state index contributed by atoms with van der Waals surface area (Å²) in [5.74, 6) is 0.182. The van der Waals surface area contributed by atoms with Crippen LogP contribution >= 0.6 is 0 Å². The highest BCUT2D eigenvalue weighted by Crippen LogP contribution is 2.42. The smallest absolute Gasteiger partial charge is 0.158 e. The van der Waals surface area contributed by atoms with E-state index in [-0.39, 0.29) is 30.0 Å². The Balaban J connectivity index is 1.76. The lowest BCUT2D eigenvalue weighted by Gasteiger charge is -2.40. The SMILES string of the molecule is CO[C@H]1C[C@@H]2CC(=O)C=C[C@@H]2O[C@H](c2ccccc2)[C@@H](c2ccccc2)O1. The van der Waals surface area contributed by atoms with Crippen molar-refractivity contribution in [1.82, 2.24) is 0 Å². The summed E-state index contributed by atoms with van der Waals surface area (Å²) >= 11 is 0. The van der Waals surface area contributed by atoms with Gasteiger partial charge >= 0.3 is 0 Å². The van der Waals surface area contributed by atoms with Gasteiger partial charge in [-0.15, -0.1) is 0 Å². The predicted octanol–water partition coefficient (Wildman–Crippen LogP) is 4.39. The molecule has 4 rings (SSSR count). The number of rotatable bonds is 3. The highest BCUT2D eigenvalue weighted by Gasteiger charge is 2.39. The number of methoxy groups -OCH3 is 1. The van der Waals surface area contributed by atoms with Crippen molar-refractivity contribution in [2.45, 2.75) is 37.4 Å². The van der Waals surface area contributed by atoms with E-state index < -0.39 is 6.29 Å². The molecule has 27 heavy (non-hydrogen) atoms. The molecule has 2 aromatic carbocycles. The Hall–Kier alpha value is -2.27. The predicted molar refractivity (Wildman–Crippen MR) is 102 cm³/mol. The largest absolute Gasteiger partial charge is 0.363 e. The molecular formula is C23H24O4. The van der Waals surface area contributed by atoms with E-state index in [0.29, 0.717) is 12.8 Å². The second-order valence-corrected chi connectivity index (χ2v) is 7.09. The summed E-state index contributed by atoms with van der Waals surface area (Å²) < 4.78 is 18.6. The minimum atomic E-state index is -0.392. The van der Waals surface area contributed by atoms with Crippen LogP contribution in [0.4, 0.5) is 0 Å². The standard InChI is InChI=1S/C23H24O4/c1-25-21-15-18-14-19(24)12-13-20(18)26-22(16-8-4-2-5-9-16)23(27-21)17-10-6-3-7-11-17/h2-13,18,20-23H,14-15H2,1H3/t18-,20-,21+,22+,23+/m0/s1. The Morgan fingerprint density at radius 1 is 0.889 bits per heavy atom. The molecule has 140 valence electrons. The quantitative estimate of drug-likeness (QED) is 0.810. The molecule has 0 aromatic heterocycles. The van der Waals surface area contributed by atoms with Gasteiger partial charge < -0.3 is 14.2 Å². The maximum atomic E-state index is 11.9. The maximum Gasteiger partial charge on any atom is 0.158 e. The van der Waals surface area contributed by atoms with Crippen molar-refractivity contribution in [1.29, 1.82) is 0 Å². The van der Waals surface area contributed by atoms with Crippen LogP contribution in [0.25, 0.3) is 0 Å². The molecule has 4 nitrogen and oxygen atoms in total. The van der Waals surface area contributed by atoms with Gasteiger partial charge in [-0.1, -0.05) is 66.7 Å². The first-order valence-corrected chi connectivity index (χ1v) is 9.39. The minimum absolute atomic E-state index is 0.0513. The zero-order chi connectivity index (χ0) is 18.6. The number of hydrogen-bond donors (Lipinski definition) is 0. The van der Waals surface area contributed by atoms with E-state index >= 15 is 0 Å². The van der Waals surface area contributed by atoms with E-state index in [0.717, 1.165) is 11.1 Å². The topological polar surface area (TPSA) is 44.8 Å². The summed E-state index contributed by atoms with van der Waals surface area (Å²) in [6.07, 6.45) is 3.50. The van der Waals surface area contributed by atoms with Gasteiger partial charge in [0.25, 0.3) is 0 Å². The van der Waals surface area contributed by atoms with E-state index in [1.54, 1.807) is 13.2 Å². The molecule has 0 saturated carbocycles. The average Bonchev–Trinajstić information content (AvgIpc) is 2.70. The first-order valence-electron chi connectivity index (χ1n) is 9.39. The summed E-state index contributed by atoms with van der Waals surface area (Å²) in [4.78, 5) is 11.9. The van der Waals surface area contributed by atoms with Gasteiger partial charge in [-0.2, -0.15) is 0 Å². The number of ether oxygens (including phenoxy) is 3. The molecule has 2 aromatic rings. The highest BCUT2D eigenvalue weighted by molar-refractivity contribution is 5.90. The number of allylic oxidation sites excluding steroid dienone is 1. The van der Waals surface area contributed by atoms with Crippen LogP contribution < -0.4 is 0 Å². The van der Waals surface area contributed by atoms with Crippen molar-refractivity contribution in [2.24, 2.45) is 5.92 Å². The third-order valence-corrected chi connectivity index (χ3v) is 5.29. The molecule has 1 heterocycles. The van der Waals surface area contributed by atoms with Crippen LogP contribution in [0.15, 0.2) is 72.8 Å². The molecule has 0 bridgehead atoms. The normalized spacial score (nSPS) is 31.0. The third kappa shape index (κ3) is 4.03. The Morgan fingerprint density at radius 3 is 2.07 bits per heavy atom. The van der Waals surface area contributed by atoms with Gasteiger partial charge in [0.2, 0.25) is 0 Å². The first-order chi connectivity index (χ1) is 13.2. The van der Waals surface area contributed by atoms with E-state index in [1.165, 1.54) is 0 Å². The molecular weight excluding hydrogens is 340 g/mol. The number of benzene rings is 2. The Labute approximate surface area is 159 Å². The summed E-state index contributed by atoms with van der Waals surface area (Å²) in [7, 11) is 1.65. The van der Waals surface area contributed by atoms with Gasteiger partial charge in [0, 0.05) is 25.9 Å². The lowest BCUT2D eigenvalue weighted by atomic mass is 9.86. The molecule has 4 heteroatoms. The summed E-state index contributed by atoms with van der Waals surface area (Å²) in [6.45, 7) is 0. The average molecular weight is 364 g/mol. The van der Waals surface area contributed by atoms with E-state index in [4.69, 9.17) is 14.2 Å². The summed E-state index contributed by atoms with van der Waals surface area (Å²) in [5, 5.41) is 0. The molecule has 1 aliphatic carbocycles. The van der Waals surface area contributed by atoms with E-state index in [2.05, 4.69) is 24.3 Å². The number of fused-ring (bicyclic) bond motifs is 1. The fraction of sp³-hybridized carbons (Fsp3) is 0.348. The van der Waals surface area contributed by atoms with Crippen LogP contribution in [0.5, 0.6) is 0 Å². The molecule has 0 spiro atoms. The Kier molecular flexibility index (Phi) is 5.48.